The zero-order chi connectivity index (χ0) is 17.7. The Kier molecular flexibility index (Phi) is 5.95. The van der Waals surface area contributed by atoms with Gasteiger partial charge in [0.1, 0.15) is 0 Å². The van der Waals surface area contributed by atoms with Crippen LogP contribution in [0.3, 0.4) is 0 Å². The lowest BCUT2D eigenvalue weighted by molar-refractivity contribution is -0.119. The van der Waals surface area contributed by atoms with Crippen molar-refractivity contribution in [2.24, 2.45) is 0 Å². The van der Waals surface area contributed by atoms with E-state index in [2.05, 4.69) is 5.32 Å². The van der Waals surface area contributed by atoms with Gasteiger partial charge < -0.3 is 10.2 Å². The van der Waals surface area contributed by atoms with Crippen molar-refractivity contribution < 1.29 is 18.0 Å². The molecule has 0 radical (unpaired) electrons. The molecule has 1 aromatic rings. The summed E-state index contributed by atoms with van der Waals surface area (Å²) in [5, 5.41) is 2.84. The van der Waals surface area contributed by atoms with Crippen molar-refractivity contribution >= 4 is 22.3 Å². The largest absolute Gasteiger partial charge is 0.350 e. The monoisotopic (exact) mass is 353 g/mol. The predicted molar refractivity (Wildman–Crippen MR) is 90.1 cm³/mol. The van der Waals surface area contributed by atoms with Gasteiger partial charge in [0, 0.05) is 37.8 Å². The Morgan fingerprint density at radius 2 is 1.79 bits per heavy atom. The third-order valence-electron chi connectivity index (χ3n) is 4.17. The van der Waals surface area contributed by atoms with E-state index in [9.17, 15) is 18.0 Å². The first kappa shape index (κ1) is 18.4. The number of carbonyl (C=O) groups is 2. The van der Waals surface area contributed by atoms with E-state index in [-0.39, 0.29) is 29.9 Å². The van der Waals surface area contributed by atoms with E-state index in [1.54, 1.807) is 4.90 Å². The number of rotatable bonds is 6. The minimum absolute atomic E-state index is 0.0648. The smallest absolute Gasteiger partial charge is 0.251 e. The Morgan fingerprint density at radius 3 is 2.29 bits per heavy atom. The van der Waals surface area contributed by atoms with Crippen LogP contribution in [0.5, 0.6) is 0 Å². The molecule has 8 heteroatoms. The number of sulfonamides is 1. The molecule has 1 atom stereocenters. The van der Waals surface area contributed by atoms with Crippen molar-refractivity contribution in [3.63, 3.8) is 0 Å². The maximum absolute atomic E-state index is 12.6. The summed E-state index contributed by atoms with van der Waals surface area (Å²) in [7, 11) is -3.60. The molecule has 132 valence electrons. The Labute approximate surface area is 142 Å². The lowest BCUT2D eigenvalue weighted by Gasteiger charge is -2.31. The van der Waals surface area contributed by atoms with Gasteiger partial charge in [-0.2, -0.15) is 4.31 Å². The first-order chi connectivity index (χ1) is 11.4. The molecule has 1 fully saturated rings. The predicted octanol–water partition coefficient (Wildman–Crippen LogP) is 0.678. The number of nitrogens with one attached hydrogen (secondary N) is 1. The molecule has 0 spiro atoms. The number of nitrogens with zero attached hydrogens (tertiary/aromatic N) is 2. The lowest BCUT2D eigenvalue weighted by atomic mass is 10.2. The third-order valence-corrected chi connectivity index (χ3v) is 6.08. The number of hydrogen-bond acceptors (Lipinski definition) is 4. The molecule has 1 aliphatic rings. The van der Waals surface area contributed by atoms with Crippen LogP contribution in [-0.2, 0) is 14.8 Å². The molecule has 24 heavy (non-hydrogen) atoms. The van der Waals surface area contributed by atoms with Gasteiger partial charge >= 0.3 is 0 Å². The molecule has 7 nitrogen and oxygen atoms in total. The molecule has 0 aromatic heterocycles. The second-order valence-electron chi connectivity index (χ2n) is 5.85. The summed E-state index contributed by atoms with van der Waals surface area (Å²) in [5.74, 6) is -0.215. The second kappa shape index (κ2) is 7.76. The molecule has 1 saturated heterocycles. The fourth-order valence-corrected chi connectivity index (χ4v) is 3.81. The molecular formula is C16H23N3O4S. The van der Waals surface area contributed by atoms with E-state index in [4.69, 9.17) is 0 Å². The average Bonchev–Trinajstić information content (AvgIpc) is 2.61. The summed E-state index contributed by atoms with van der Waals surface area (Å²) < 4.78 is 26.6. The zero-order valence-electron chi connectivity index (χ0n) is 13.9. The highest BCUT2D eigenvalue weighted by Gasteiger charge is 2.28. The van der Waals surface area contributed by atoms with Crippen molar-refractivity contribution in [3.8, 4) is 0 Å². The molecule has 0 aliphatic carbocycles. The van der Waals surface area contributed by atoms with Gasteiger partial charge in [-0.1, -0.05) is 6.92 Å². The molecule has 1 aromatic carbocycles. The average molecular weight is 353 g/mol. The van der Waals surface area contributed by atoms with Gasteiger partial charge in [0.15, 0.2) is 0 Å². The van der Waals surface area contributed by atoms with E-state index in [1.165, 1.54) is 28.6 Å². The first-order valence-corrected chi connectivity index (χ1v) is 9.43. The number of piperazine rings is 1. The van der Waals surface area contributed by atoms with Crippen LogP contribution in [0.4, 0.5) is 0 Å². The van der Waals surface area contributed by atoms with Crippen LogP contribution in [0, 0.1) is 0 Å². The molecular weight excluding hydrogens is 330 g/mol. The normalized spacial score (nSPS) is 17.3. The van der Waals surface area contributed by atoms with Crippen molar-refractivity contribution in [1.82, 2.24) is 14.5 Å². The number of amides is 2. The highest BCUT2D eigenvalue weighted by Crippen LogP contribution is 2.18. The fourth-order valence-electron chi connectivity index (χ4n) is 2.39. The molecule has 2 rings (SSSR count). The molecule has 1 heterocycles. The van der Waals surface area contributed by atoms with Crippen LogP contribution in [0.2, 0.25) is 0 Å². The standard InChI is InChI=1S/C16H23N3O4S/c1-3-13(2)17-16(21)14-4-6-15(7-5-14)24(22,23)19-10-8-18(12-20)9-11-19/h4-7,12-13H,3,8-11H2,1-2H3,(H,17,21). The minimum atomic E-state index is -3.60. The Morgan fingerprint density at radius 1 is 1.21 bits per heavy atom. The minimum Gasteiger partial charge on any atom is -0.350 e. The van der Waals surface area contributed by atoms with Gasteiger partial charge in [-0.05, 0) is 37.6 Å². The third kappa shape index (κ3) is 4.12. The van der Waals surface area contributed by atoms with E-state index < -0.39 is 10.0 Å². The van der Waals surface area contributed by atoms with Crippen LogP contribution in [0.1, 0.15) is 30.6 Å². The van der Waals surface area contributed by atoms with Crippen molar-refractivity contribution in [1.29, 1.82) is 0 Å². The second-order valence-corrected chi connectivity index (χ2v) is 7.79. The van der Waals surface area contributed by atoms with E-state index in [0.29, 0.717) is 18.7 Å². The summed E-state index contributed by atoms with van der Waals surface area (Å²) in [4.78, 5) is 24.4. The fraction of sp³-hybridized carbons (Fsp3) is 0.500. The quantitative estimate of drug-likeness (QED) is 0.762. The van der Waals surface area contributed by atoms with Gasteiger partial charge in [0.2, 0.25) is 16.4 Å². The maximum Gasteiger partial charge on any atom is 0.251 e. The van der Waals surface area contributed by atoms with Crippen molar-refractivity contribution in [3.05, 3.63) is 29.8 Å². The summed E-state index contributed by atoms with van der Waals surface area (Å²) >= 11 is 0. The van der Waals surface area contributed by atoms with E-state index in [0.717, 1.165) is 12.8 Å². The number of carbonyl (C=O) groups excluding carboxylic acids is 2. The molecule has 0 bridgehead atoms. The van der Waals surface area contributed by atoms with Gasteiger partial charge in [-0.3, -0.25) is 9.59 Å². The van der Waals surface area contributed by atoms with Crippen LogP contribution in [0.25, 0.3) is 0 Å². The topological polar surface area (TPSA) is 86.8 Å². The van der Waals surface area contributed by atoms with Crippen molar-refractivity contribution in [2.45, 2.75) is 31.2 Å². The highest BCUT2D eigenvalue weighted by atomic mass is 32.2. The van der Waals surface area contributed by atoms with Crippen LogP contribution < -0.4 is 5.32 Å². The molecule has 0 saturated carbocycles. The summed E-state index contributed by atoms with van der Waals surface area (Å²) in [6.45, 7) is 5.21. The molecule has 1 unspecified atom stereocenters. The first-order valence-electron chi connectivity index (χ1n) is 7.99. The van der Waals surface area contributed by atoms with E-state index >= 15 is 0 Å². The summed E-state index contributed by atoms with van der Waals surface area (Å²) in [6, 6.07) is 6.01. The van der Waals surface area contributed by atoms with Crippen LogP contribution >= 0.6 is 0 Å². The van der Waals surface area contributed by atoms with Gasteiger partial charge in [0.05, 0.1) is 4.90 Å². The van der Waals surface area contributed by atoms with Crippen LogP contribution in [0.15, 0.2) is 29.2 Å². The number of benzene rings is 1. The lowest BCUT2D eigenvalue weighted by Crippen LogP contribution is -2.47. The van der Waals surface area contributed by atoms with Crippen LogP contribution in [-0.4, -0.2) is 62.2 Å². The summed E-state index contributed by atoms with van der Waals surface area (Å²) in [5.41, 5.74) is 0.431. The Bertz CT molecular complexity index is 680. The maximum atomic E-state index is 12.6. The molecule has 1 N–H and O–H groups in total. The van der Waals surface area contributed by atoms with Crippen molar-refractivity contribution in [2.75, 3.05) is 26.2 Å². The van der Waals surface area contributed by atoms with E-state index in [1.807, 2.05) is 13.8 Å². The van der Waals surface area contributed by atoms with Gasteiger partial charge in [-0.25, -0.2) is 8.42 Å². The Hall–Kier alpha value is -1.93. The zero-order valence-corrected chi connectivity index (χ0v) is 14.8. The van der Waals surface area contributed by atoms with Gasteiger partial charge in [0.25, 0.3) is 5.91 Å². The van der Waals surface area contributed by atoms with Gasteiger partial charge in [-0.15, -0.1) is 0 Å². The SMILES string of the molecule is CCC(C)NC(=O)c1ccc(S(=O)(=O)N2CCN(C=O)CC2)cc1. The molecule has 1 aliphatic heterocycles. The highest BCUT2D eigenvalue weighted by molar-refractivity contribution is 7.89. The Balaban J connectivity index is 2.09. The number of hydrogen-bond donors (Lipinski definition) is 1. The molecule has 2 amide bonds. The summed E-state index contributed by atoms with van der Waals surface area (Å²) in [6.07, 6.45) is 1.56.